The van der Waals surface area contributed by atoms with Crippen LogP contribution in [0.2, 0.25) is 0 Å². The van der Waals surface area contributed by atoms with Crippen molar-refractivity contribution in [3.05, 3.63) is 236 Å². The first kappa shape index (κ1) is 44.0. The molecule has 3 heterocycles. The molecular formula is C73H51N3O2. The van der Waals surface area contributed by atoms with E-state index in [1.165, 1.54) is 76.6 Å². The Labute approximate surface area is 451 Å². The van der Waals surface area contributed by atoms with Gasteiger partial charge in [-0.05, 0) is 165 Å². The van der Waals surface area contributed by atoms with E-state index in [-0.39, 0.29) is 5.41 Å². The second-order valence-corrected chi connectivity index (χ2v) is 22.6. The van der Waals surface area contributed by atoms with Gasteiger partial charge in [-0.1, -0.05) is 182 Å². The van der Waals surface area contributed by atoms with Crippen LogP contribution in [-0.2, 0) is 5.41 Å². The number of aromatic nitrogens is 3. The maximum atomic E-state index is 6.68. The van der Waals surface area contributed by atoms with Gasteiger partial charge >= 0.3 is 0 Å². The van der Waals surface area contributed by atoms with E-state index in [1.807, 2.05) is 0 Å². The summed E-state index contributed by atoms with van der Waals surface area (Å²) < 4.78 is 13.2. The van der Waals surface area contributed by atoms with Crippen molar-refractivity contribution in [3.63, 3.8) is 0 Å². The first-order valence-electron chi connectivity index (χ1n) is 27.8. The van der Waals surface area contributed by atoms with Gasteiger partial charge in [0.2, 0.25) is 0 Å². The first-order valence-corrected chi connectivity index (χ1v) is 27.8. The van der Waals surface area contributed by atoms with E-state index in [2.05, 4.69) is 224 Å². The smallest absolute Gasteiger partial charge is 0.164 e. The molecule has 78 heavy (non-hydrogen) atoms. The largest absolute Gasteiger partial charge is 0.456 e. The van der Waals surface area contributed by atoms with Crippen molar-refractivity contribution >= 4 is 43.9 Å². The molecule has 5 heteroatoms. The van der Waals surface area contributed by atoms with Crippen molar-refractivity contribution in [2.75, 3.05) is 0 Å². The van der Waals surface area contributed by atoms with Gasteiger partial charge in [0, 0.05) is 43.7 Å². The van der Waals surface area contributed by atoms with Gasteiger partial charge in [0.05, 0.1) is 0 Å². The van der Waals surface area contributed by atoms with Crippen molar-refractivity contribution in [1.82, 2.24) is 15.0 Å². The lowest BCUT2D eigenvalue weighted by Gasteiger charge is -2.61. The summed E-state index contributed by atoms with van der Waals surface area (Å²) in [5, 5.41) is 4.48. The molecule has 0 aliphatic heterocycles. The molecule has 4 saturated carbocycles. The zero-order valence-electron chi connectivity index (χ0n) is 42.9. The van der Waals surface area contributed by atoms with Crippen LogP contribution in [0.1, 0.15) is 43.2 Å². The van der Waals surface area contributed by atoms with Crippen LogP contribution in [0.5, 0.6) is 0 Å². The highest BCUT2D eigenvalue weighted by atomic mass is 16.3. The Hall–Kier alpha value is -9.19. The maximum absolute atomic E-state index is 6.68. The molecule has 3 aromatic heterocycles. The predicted octanol–water partition coefficient (Wildman–Crippen LogP) is 19.1. The third kappa shape index (κ3) is 6.57. The Morgan fingerprint density at radius 3 is 1.32 bits per heavy atom. The second-order valence-electron chi connectivity index (χ2n) is 22.6. The summed E-state index contributed by atoms with van der Waals surface area (Å²) in [7, 11) is 0. The summed E-state index contributed by atoms with van der Waals surface area (Å²) in [4.78, 5) is 16.6. The number of rotatable bonds is 7. The normalized spacial score (nSPS) is 19.8. The SMILES string of the molecule is c1ccc(-c2ccc(-c3nc(-c4ccc(-c5ccccc5)cc4)nc(-c4cc5c(cc4-c4cccc6oc7ccccc7c46)-c4cc(-c6cccc7oc8ccccc8c67)ccc4C54C5CC6CC(C5)CC4C6)n3)cc2)cc1. The van der Waals surface area contributed by atoms with Crippen molar-refractivity contribution in [2.45, 2.75) is 37.5 Å². The lowest BCUT2D eigenvalue weighted by molar-refractivity contribution is -0.0399. The van der Waals surface area contributed by atoms with Gasteiger partial charge in [-0.25, -0.2) is 15.0 Å². The number of hydrogen-bond donors (Lipinski definition) is 0. The van der Waals surface area contributed by atoms with E-state index in [0.29, 0.717) is 29.3 Å². The molecule has 18 rings (SSSR count). The zero-order chi connectivity index (χ0) is 51.1. The summed E-state index contributed by atoms with van der Waals surface area (Å²) in [5.74, 6) is 4.59. The van der Waals surface area contributed by atoms with Crippen molar-refractivity contribution in [3.8, 4) is 89.8 Å². The molecule has 13 aromatic rings. The number of benzene rings is 10. The molecule has 0 amide bonds. The lowest BCUT2D eigenvalue weighted by atomic mass is 9.43. The van der Waals surface area contributed by atoms with Gasteiger partial charge < -0.3 is 8.83 Å². The van der Waals surface area contributed by atoms with E-state index in [4.69, 9.17) is 23.8 Å². The molecule has 0 radical (unpaired) electrons. The monoisotopic (exact) mass is 1000 g/mol. The molecular weight excluding hydrogens is 951 g/mol. The van der Waals surface area contributed by atoms with Crippen LogP contribution >= 0.6 is 0 Å². The van der Waals surface area contributed by atoms with Gasteiger partial charge in [-0.15, -0.1) is 0 Å². The van der Waals surface area contributed by atoms with Gasteiger partial charge in [-0.2, -0.15) is 0 Å². The molecule has 5 aliphatic carbocycles. The van der Waals surface area contributed by atoms with E-state index in [0.717, 1.165) is 94.7 Å². The average Bonchev–Trinajstić information content (AvgIpc) is 3.56. The van der Waals surface area contributed by atoms with E-state index in [1.54, 1.807) is 0 Å². The molecule has 4 bridgehead atoms. The minimum Gasteiger partial charge on any atom is -0.456 e. The molecule has 370 valence electrons. The summed E-state index contributed by atoms with van der Waals surface area (Å²) in [5.41, 5.74) is 21.0. The third-order valence-electron chi connectivity index (χ3n) is 18.6. The fourth-order valence-electron chi connectivity index (χ4n) is 15.5. The summed E-state index contributed by atoms with van der Waals surface area (Å²) in [6.07, 6.45) is 6.45. The predicted molar refractivity (Wildman–Crippen MR) is 316 cm³/mol. The third-order valence-corrected chi connectivity index (χ3v) is 18.6. The van der Waals surface area contributed by atoms with Crippen LogP contribution < -0.4 is 0 Å². The van der Waals surface area contributed by atoms with Crippen molar-refractivity contribution in [2.24, 2.45) is 23.7 Å². The van der Waals surface area contributed by atoms with Gasteiger partial charge in [0.1, 0.15) is 22.3 Å². The van der Waals surface area contributed by atoms with Crippen molar-refractivity contribution < 1.29 is 8.83 Å². The molecule has 0 N–H and O–H groups in total. The average molecular weight is 1000 g/mol. The van der Waals surface area contributed by atoms with Crippen LogP contribution in [0, 0.1) is 23.7 Å². The van der Waals surface area contributed by atoms with Crippen LogP contribution in [-0.4, -0.2) is 15.0 Å². The Morgan fingerprint density at radius 2 is 0.744 bits per heavy atom. The second kappa shape index (κ2) is 16.9. The topological polar surface area (TPSA) is 65.0 Å². The van der Waals surface area contributed by atoms with Gasteiger partial charge in [-0.3, -0.25) is 0 Å². The van der Waals surface area contributed by atoms with Crippen LogP contribution in [0.4, 0.5) is 0 Å². The minimum absolute atomic E-state index is 0.147. The highest BCUT2D eigenvalue weighted by Gasteiger charge is 2.61. The molecule has 0 saturated heterocycles. The summed E-state index contributed by atoms with van der Waals surface area (Å²) >= 11 is 0. The Kier molecular flexibility index (Phi) is 9.53. The summed E-state index contributed by atoms with van der Waals surface area (Å²) in [6.45, 7) is 0. The van der Waals surface area contributed by atoms with E-state index >= 15 is 0 Å². The van der Waals surface area contributed by atoms with Crippen LogP contribution in [0.3, 0.4) is 0 Å². The lowest BCUT2D eigenvalue weighted by Crippen LogP contribution is -2.55. The summed E-state index contributed by atoms with van der Waals surface area (Å²) in [6, 6.07) is 81.1. The Morgan fingerprint density at radius 1 is 0.295 bits per heavy atom. The highest BCUT2D eigenvalue weighted by molar-refractivity contribution is 6.15. The molecule has 0 unspecified atom stereocenters. The Balaban J connectivity index is 0.938. The van der Waals surface area contributed by atoms with Gasteiger partial charge in [0.25, 0.3) is 0 Å². The number of hydrogen-bond acceptors (Lipinski definition) is 5. The number of furan rings is 2. The van der Waals surface area contributed by atoms with Crippen molar-refractivity contribution in [1.29, 1.82) is 0 Å². The fourth-order valence-corrected chi connectivity index (χ4v) is 15.5. The van der Waals surface area contributed by atoms with Crippen LogP contribution in [0.15, 0.2) is 233 Å². The molecule has 5 aliphatic rings. The maximum Gasteiger partial charge on any atom is 0.164 e. The highest BCUT2D eigenvalue weighted by Crippen LogP contribution is 2.70. The van der Waals surface area contributed by atoms with E-state index < -0.39 is 0 Å². The zero-order valence-corrected chi connectivity index (χ0v) is 42.9. The van der Waals surface area contributed by atoms with E-state index in [9.17, 15) is 0 Å². The quantitative estimate of drug-likeness (QED) is 0.159. The number of fused-ring (bicyclic) bond motifs is 9. The molecule has 0 atom stereocenters. The first-order chi connectivity index (χ1) is 38.6. The number of para-hydroxylation sites is 2. The molecule has 1 spiro atoms. The fraction of sp³-hybridized carbons (Fsp3) is 0.137. The minimum atomic E-state index is -0.147. The standard InChI is InChI=1S/C73H51N3O2/c1-3-13-45(14-4-1)47-25-29-49(30-26-47)70-74-71(50-31-27-48(28-32-50)46-15-5-2-6-16-46)76-72(75-70)61-42-63-60(41-58(61)55-20-12-24-67-69(55)57-18-8-10-22-65(57)78-67)59-40-51(54-19-11-23-66-68(54)56-17-7-9-21-64(56)77-66)33-34-62(59)73(63)52-36-43-35-44(38-52)39-53(73)37-43/h1-34,40-44,52-53H,35-39H2. The Bertz CT molecular complexity index is 4420. The molecule has 10 aromatic carbocycles. The van der Waals surface area contributed by atoms with Gasteiger partial charge in [0.15, 0.2) is 17.5 Å². The molecule has 4 fully saturated rings. The number of nitrogens with zero attached hydrogens (tertiary/aromatic N) is 3. The molecule has 5 nitrogen and oxygen atoms in total. The van der Waals surface area contributed by atoms with Crippen LogP contribution in [0.25, 0.3) is 134 Å².